The van der Waals surface area contributed by atoms with Gasteiger partial charge in [0.05, 0.1) is 16.6 Å². The third kappa shape index (κ3) is 4.86. The Balaban J connectivity index is 1.73. The summed E-state index contributed by atoms with van der Waals surface area (Å²) < 4.78 is 14.0. The third-order valence-electron chi connectivity index (χ3n) is 5.13. The summed E-state index contributed by atoms with van der Waals surface area (Å²) in [6.45, 7) is 7.50. The summed E-state index contributed by atoms with van der Waals surface area (Å²) in [7, 11) is 0. The molecule has 1 saturated heterocycles. The molecule has 2 aromatic rings. The molecule has 144 valence electrons. The van der Waals surface area contributed by atoms with Crippen molar-refractivity contribution in [3.8, 4) is 0 Å². The van der Waals surface area contributed by atoms with Gasteiger partial charge in [0.2, 0.25) is 0 Å². The van der Waals surface area contributed by atoms with Crippen LogP contribution in [0.25, 0.3) is 0 Å². The van der Waals surface area contributed by atoms with Gasteiger partial charge in [-0.3, -0.25) is 9.69 Å². The minimum absolute atomic E-state index is 0.0414. The number of piperazine rings is 1. The predicted octanol–water partition coefficient (Wildman–Crippen LogP) is 3.59. The van der Waals surface area contributed by atoms with Gasteiger partial charge in [0.25, 0.3) is 5.91 Å². The van der Waals surface area contributed by atoms with Crippen molar-refractivity contribution in [2.24, 2.45) is 0 Å². The van der Waals surface area contributed by atoms with E-state index < -0.39 is 11.7 Å². The van der Waals surface area contributed by atoms with E-state index in [2.05, 4.69) is 34.2 Å². The zero-order chi connectivity index (χ0) is 19.2. The van der Waals surface area contributed by atoms with Crippen molar-refractivity contribution in [1.82, 2.24) is 15.1 Å². The van der Waals surface area contributed by atoms with Crippen molar-refractivity contribution in [2.75, 3.05) is 39.3 Å². The van der Waals surface area contributed by atoms with Crippen molar-refractivity contribution in [3.05, 3.63) is 70.5 Å². The molecular weight excluding hydrogens is 365 g/mol. The molecule has 0 spiro atoms. The van der Waals surface area contributed by atoms with E-state index in [-0.39, 0.29) is 16.6 Å². The molecule has 1 fully saturated rings. The maximum Gasteiger partial charge on any atom is 0.255 e. The molecule has 1 heterocycles. The van der Waals surface area contributed by atoms with E-state index in [4.69, 9.17) is 11.6 Å². The lowest BCUT2D eigenvalue weighted by Crippen LogP contribution is -2.49. The number of carbonyl (C=O) groups excluding carboxylic acids is 1. The minimum atomic E-state index is -0.604. The zero-order valence-corrected chi connectivity index (χ0v) is 16.3. The van der Waals surface area contributed by atoms with Gasteiger partial charge in [0, 0.05) is 32.7 Å². The molecule has 6 heteroatoms. The molecule has 2 aromatic carbocycles. The number of likely N-dealkylation sites (N-methyl/N-ethyl adjacent to an activating group) is 1. The molecule has 0 radical (unpaired) electrons. The first-order valence-corrected chi connectivity index (χ1v) is 9.71. The Bertz CT molecular complexity index is 743. The van der Waals surface area contributed by atoms with Gasteiger partial charge in [-0.1, -0.05) is 54.9 Å². The van der Waals surface area contributed by atoms with Crippen LogP contribution in [-0.2, 0) is 0 Å². The zero-order valence-electron chi connectivity index (χ0n) is 15.5. The molecule has 3 rings (SSSR count). The first-order chi connectivity index (χ1) is 13.1. The maximum atomic E-state index is 14.0. The summed E-state index contributed by atoms with van der Waals surface area (Å²) in [5.74, 6) is -1.08. The van der Waals surface area contributed by atoms with Gasteiger partial charge in [-0.05, 0) is 24.2 Å². The molecule has 1 N–H and O–H groups in total. The fourth-order valence-electron chi connectivity index (χ4n) is 3.52. The second-order valence-electron chi connectivity index (χ2n) is 6.70. The molecule has 1 aliphatic heterocycles. The number of halogens is 2. The van der Waals surface area contributed by atoms with E-state index in [1.807, 2.05) is 18.2 Å². The molecule has 0 bridgehead atoms. The SMILES string of the molecule is CCN1CCN(C(CNC(=O)c2c(F)cccc2Cl)c2ccccc2)CC1. The Morgan fingerprint density at radius 1 is 1.11 bits per heavy atom. The lowest BCUT2D eigenvalue weighted by atomic mass is 10.0. The van der Waals surface area contributed by atoms with E-state index in [1.54, 1.807) is 0 Å². The summed E-state index contributed by atoms with van der Waals surface area (Å²) in [4.78, 5) is 17.3. The topological polar surface area (TPSA) is 35.6 Å². The Morgan fingerprint density at radius 3 is 2.44 bits per heavy atom. The number of nitrogens with zero attached hydrogens (tertiary/aromatic N) is 2. The number of benzene rings is 2. The van der Waals surface area contributed by atoms with Crippen LogP contribution in [0.2, 0.25) is 5.02 Å². The molecule has 1 aliphatic rings. The summed E-state index contributed by atoms with van der Waals surface area (Å²) in [6, 6.07) is 14.4. The predicted molar refractivity (Wildman–Crippen MR) is 107 cm³/mol. The van der Waals surface area contributed by atoms with Gasteiger partial charge in [-0.15, -0.1) is 0 Å². The fourth-order valence-corrected chi connectivity index (χ4v) is 3.77. The fraction of sp³-hybridized carbons (Fsp3) is 0.381. The lowest BCUT2D eigenvalue weighted by Gasteiger charge is -2.39. The second kappa shape index (κ2) is 9.31. The smallest absolute Gasteiger partial charge is 0.255 e. The first-order valence-electron chi connectivity index (χ1n) is 9.33. The van der Waals surface area contributed by atoms with E-state index in [1.165, 1.54) is 18.2 Å². The average Bonchev–Trinajstić information content (AvgIpc) is 2.69. The van der Waals surface area contributed by atoms with Crippen molar-refractivity contribution in [2.45, 2.75) is 13.0 Å². The summed E-state index contributed by atoms with van der Waals surface area (Å²) in [5.41, 5.74) is 1.05. The Morgan fingerprint density at radius 2 is 1.81 bits per heavy atom. The standard InChI is InChI=1S/C21H25ClFN3O/c1-2-25-11-13-26(14-12-25)19(16-7-4-3-5-8-16)15-24-21(27)20-17(22)9-6-10-18(20)23/h3-10,19H,2,11-15H2,1H3,(H,24,27). The van der Waals surface area contributed by atoms with Gasteiger partial charge in [-0.25, -0.2) is 4.39 Å². The van der Waals surface area contributed by atoms with Gasteiger partial charge in [0.15, 0.2) is 0 Å². The molecule has 1 unspecified atom stereocenters. The van der Waals surface area contributed by atoms with E-state index in [0.717, 1.165) is 38.3 Å². The monoisotopic (exact) mass is 389 g/mol. The third-order valence-corrected chi connectivity index (χ3v) is 5.44. The van der Waals surface area contributed by atoms with Gasteiger partial charge in [-0.2, -0.15) is 0 Å². The molecule has 0 aromatic heterocycles. The van der Waals surface area contributed by atoms with Crippen LogP contribution >= 0.6 is 11.6 Å². The summed E-state index contributed by atoms with van der Waals surface area (Å²) in [6.07, 6.45) is 0. The number of amides is 1. The molecule has 0 saturated carbocycles. The highest BCUT2D eigenvalue weighted by atomic mass is 35.5. The van der Waals surface area contributed by atoms with E-state index in [0.29, 0.717) is 6.54 Å². The van der Waals surface area contributed by atoms with E-state index >= 15 is 0 Å². The van der Waals surface area contributed by atoms with Crippen LogP contribution in [0.5, 0.6) is 0 Å². The van der Waals surface area contributed by atoms with Crippen molar-refractivity contribution in [3.63, 3.8) is 0 Å². The Kier molecular flexibility index (Phi) is 6.83. The van der Waals surface area contributed by atoms with Crippen LogP contribution in [0.1, 0.15) is 28.9 Å². The molecule has 1 atom stereocenters. The van der Waals surface area contributed by atoms with Crippen molar-refractivity contribution >= 4 is 17.5 Å². The number of hydrogen-bond donors (Lipinski definition) is 1. The Hall–Kier alpha value is -1.95. The molecule has 27 heavy (non-hydrogen) atoms. The van der Waals surface area contributed by atoms with Crippen LogP contribution in [0, 0.1) is 5.82 Å². The average molecular weight is 390 g/mol. The molecule has 0 aliphatic carbocycles. The van der Waals surface area contributed by atoms with Crippen LogP contribution in [0.3, 0.4) is 0 Å². The summed E-state index contributed by atoms with van der Waals surface area (Å²) >= 11 is 6.02. The van der Waals surface area contributed by atoms with Crippen molar-refractivity contribution < 1.29 is 9.18 Å². The van der Waals surface area contributed by atoms with Gasteiger partial charge >= 0.3 is 0 Å². The highest BCUT2D eigenvalue weighted by molar-refractivity contribution is 6.33. The first kappa shape index (κ1) is 19.8. The molecule has 1 amide bonds. The lowest BCUT2D eigenvalue weighted by molar-refractivity contribution is 0.0853. The summed E-state index contributed by atoms with van der Waals surface area (Å²) in [5, 5.41) is 3.01. The van der Waals surface area contributed by atoms with Crippen molar-refractivity contribution in [1.29, 1.82) is 0 Å². The Labute approximate surface area is 164 Å². The van der Waals surface area contributed by atoms with Crippen LogP contribution in [0.15, 0.2) is 48.5 Å². The quantitative estimate of drug-likeness (QED) is 0.820. The van der Waals surface area contributed by atoms with Crippen LogP contribution < -0.4 is 5.32 Å². The molecule has 4 nitrogen and oxygen atoms in total. The minimum Gasteiger partial charge on any atom is -0.350 e. The second-order valence-corrected chi connectivity index (χ2v) is 7.11. The number of hydrogen-bond acceptors (Lipinski definition) is 3. The van der Waals surface area contributed by atoms with Gasteiger partial charge < -0.3 is 10.2 Å². The largest absolute Gasteiger partial charge is 0.350 e. The van der Waals surface area contributed by atoms with Gasteiger partial charge in [0.1, 0.15) is 5.82 Å². The number of nitrogens with one attached hydrogen (secondary N) is 1. The van der Waals surface area contributed by atoms with E-state index in [9.17, 15) is 9.18 Å². The number of rotatable bonds is 6. The maximum absolute atomic E-state index is 14.0. The normalized spacial score (nSPS) is 16.9. The highest BCUT2D eigenvalue weighted by Gasteiger charge is 2.25. The highest BCUT2D eigenvalue weighted by Crippen LogP contribution is 2.23. The van der Waals surface area contributed by atoms with Crippen LogP contribution in [0.4, 0.5) is 4.39 Å². The number of carbonyl (C=O) groups is 1. The molecular formula is C21H25ClFN3O. The van der Waals surface area contributed by atoms with Crippen LogP contribution in [-0.4, -0.2) is 55.0 Å².